The monoisotopic (exact) mass is 797 g/mol. The van der Waals surface area contributed by atoms with Crippen LogP contribution in [0.15, 0.2) is 79.9 Å². The van der Waals surface area contributed by atoms with Gasteiger partial charge in [0, 0.05) is 17.8 Å². The zero-order valence-corrected chi connectivity index (χ0v) is 31.2. The molecule has 0 spiro atoms. The highest BCUT2D eigenvalue weighted by molar-refractivity contribution is 7.54. The van der Waals surface area contributed by atoms with Crippen molar-refractivity contribution in [3.05, 3.63) is 85.6 Å². The fourth-order valence-corrected chi connectivity index (χ4v) is 8.85. The number of para-hydroxylation sites is 1. The first-order valence-electron chi connectivity index (χ1n) is 17.4. The van der Waals surface area contributed by atoms with Crippen molar-refractivity contribution in [1.29, 1.82) is 0 Å². The summed E-state index contributed by atoms with van der Waals surface area (Å²) in [6.07, 6.45) is -0.739. The van der Waals surface area contributed by atoms with Gasteiger partial charge in [0.1, 0.15) is 35.2 Å². The first-order valence-corrected chi connectivity index (χ1v) is 19.1. The smallest absolute Gasteiger partial charge is 0.379 e. The van der Waals surface area contributed by atoms with E-state index in [0.29, 0.717) is 44.9 Å². The minimum atomic E-state index is -3.84. The van der Waals surface area contributed by atoms with E-state index >= 15 is 4.39 Å². The predicted octanol–water partition coefficient (Wildman–Crippen LogP) is 4.54. The van der Waals surface area contributed by atoms with Crippen molar-refractivity contribution < 1.29 is 42.5 Å². The summed E-state index contributed by atoms with van der Waals surface area (Å²) in [5.74, 6) is -1.79. The molecule has 0 saturated heterocycles. The van der Waals surface area contributed by atoms with Gasteiger partial charge in [-0.3, -0.25) is 9.32 Å². The Morgan fingerprint density at radius 2 is 1.45 bits per heavy atom. The molecule has 56 heavy (non-hydrogen) atoms. The first-order chi connectivity index (χ1) is 26.2. The molecule has 5 N–H and O–H groups in total. The van der Waals surface area contributed by atoms with E-state index in [1.54, 1.807) is 44.2 Å². The molecule has 2 aliphatic carbocycles. The Morgan fingerprint density at radius 3 is 2.02 bits per heavy atom. The van der Waals surface area contributed by atoms with Crippen LogP contribution in [0, 0.1) is 24.7 Å². The van der Waals surface area contributed by atoms with E-state index in [1.807, 2.05) is 0 Å². The number of rotatable bonds is 11. The number of carbonyl (C=O) groups is 1. The molecule has 7 rings (SSSR count). The molecule has 9 unspecified atom stereocenters. The topological polar surface area (TPSA) is 227 Å². The number of fused-ring (bicyclic) bond motifs is 2. The molecule has 0 radical (unpaired) electrons. The number of hydrogen-bond acceptors (Lipinski definition) is 14. The van der Waals surface area contributed by atoms with Crippen molar-refractivity contribution in [2.45, 2.75) is 64.8 Å². The van der Waals surface area contributed by atoms with Gasteiger partial charge in [-0.15, -0.1) is 0 Å². The Kier molecular flexibility index (Phi) is 12.8. The van der Waals surface area contributed by atoms with Gasteiger partial charge >= 0.3 is 7.60 Å². The van der Waals surface area contributed by atoms with Crippen molar-refractivity contribution in [2.75, 3.05) is 25.1 Å². The maximum Gasteiger partial charge on any atom is 0.379 e. The van der Waals surface area contributed by atoms with Crippen molar-refractivity contribution in [2.24, 2.45) is 17.8 Å². The molecule has 5 aromatic rings. The third kappa shape index (κ3) is 7.97. The molecule has 4 aromatic heterocycles. The van der Waals surface area contributed by atoms with Gasteiger partial charge < -0.3 is 34.7 Å². The Labute approximate surface area is 321 Å². The minimum Gasteiger partial charge on any atom is -0.424 e. The summed E-state index contributed by atoms with van der Waals surface area (Å²) in [6.45, 7) is 12.0. The molecule has 300 valence electrons. The van der Waals surface area contributed by atoms with Crippen molar-refractivity contribution in [1.82, 2.24) is 39.0 Å². The lowest BCUT2D eigenvalue weighted by molar-refractivity contribution is -0.119. The predicted molar refractivity (Wildman–Crippen MR) is 204 cm³/mol. The van der Waals surface area contributed by atoms with E-state index in [2.05, 4.69) is 43.1 Å². The number of ketones is 1. The average molecular weight is 798 g/mol. The average Bonchev–Trinajstić information content (AvgIpc) is 3.88. The molecular formula is C37H46F2N9O7P. The first kappa shape index (κ1) is 42.1. The second-order valence-corrected chi connectivity index (χ2v) is 15.7. The molecule has 2 saturated carbocycles. The number of anilines is 1. The van der Waals surface area contributed by atoms with Crippen LogP contribution >= 0.6 is 7.60 Å². The Balaban J connectivity index is 0.000000242. The number of nitrogens with zero attached hydrogens (tertiary/aromatic N) is 8. The number of aromatic nitrogens is 8. The number of nitrogens with two attached hydrogens (primary N) is 1. The van der Waals surface area contributed by atoms with Crippen molar-refractivity contribution in [3.8, 4) is 5.75 Å². The second-order valence-electron chi connectivity index (χ2n) is 13.7. The van der Waals surface area contributed by atoms with Crippen LogP contribution < -0.4 is 10.3 Å². The summed E-state index contributed by atoms with van der Waals surface area (Å²) in [5, 5.41) is 29.8. The molecule has 10 atom stereocenters. The number of carbonyl (C=O) groups excluding carboxylic acids is 1. The fraction of sp³-hybridized carbons (Fsp3) is 0.432. The van der Waals surface area contributed by atoms with Gasteiger partial charge in [0.2, 0.25) is 0 Å². The third-order valence-corrected chi connectivity index (χ3v) is 12.2. The lowest BCUT2D eigenvalue weighted by atomic mass is 10.0. The van der Waals surface area contributed by atoms with Crippen LogP contribution in [0.5, 0.6) is 5.75 Å². The molecule has 2 aliphatic rings. The number of alkyl halides is 2. The van der Waals surface area contributed by atoms with Gasteiger partial charge in [-0.05, 0) is 37.1 Å². The highest BCUT2D eigenvalue weighted by atomic mass is 31.2. The molecule has 4 heterocycles. The quantitative estimate of drug-likeness (QED) is 0.106. The summed E-state index contributed by atoms with van der Waals surface area (Å²) < 4.78 is 57.7. The van der Waals surface area contributed by atoms with E-state index in [4.69, 9.17) is 14.8 Å². The van der Waals surface area contributed by atoms with Gasteiger partial charge in [0.25, 0.3) is 0 Å². The SMILES string of the molecule is C.C=C1C(CO)C(O)C(F)C1n1cnc2c(N)ncnc21.C=C1C(COP(=O)(C[C@H](C)C(C)=O)Oc2ccccc2)C(O)C(F)C1n1cnc2c(C)ncnc21. The van der Waals surface area contributed by atoms with E-state index in [-0.39, 0.29) is 38.4 Å². The van der Waals surface area contributed by atoms with Crippen LogP contribution in [0.4, 0.5) is 14.6 Å². The number of Topliss-reactive ketones (excluding diaryl/α,β-unsaturated/α-hetero) is 1. The summed E-state index contributed by atoms with van der Waals surface area (Å²) >= 11 is 0. The summed E-state index contributed by atoms with van der Waals surface area (Å²) in [6, 6.07) is 6.69. The number of imidazole rings is 2. The van der Waals surface area contributed by atoms with Crippen molar-refractivity contribution >= 4 is 41.5 Å². The Hall–Kier alpha value is -5.00. The molecule has 0 amide bonds. The molecule has 1 aromatic carbocycles. The molecule has 0 aliphatic heterocycles. The Bertz CT molecular complexity index is 2260. The standard InChI is InChI=1S/C24H28FN4O5P.C12H14FN5O2.CH4/c1-14(17(4)30)11-35(32,34-18-8-6-5-7-9-18)33-10-19-15(2)22(20(25)23(19)31)29-13-28-21-16(3)26-12-27-24(21)29;1-5-6(2-19)10(20)7(13)9(5)18-4-17-8-11(14)15-3-16-12(8)18;/h5-9,12-14,19-20,22-23,31H,2,10-11H2,1,3-4H3;3-4,6-7,9-10,19-20H,1-2H2,(H2,14,15,16);1H4/t14-,19?,20?,22?,23?,35?;;/m0../s1. The molecular weight excluding hydrogens is 751 g/mol. The van der Waals surface area contributed by atoms with E-state index in [0.717, 1.165) is 0 Å². The molecule has 0 bridgehead atoms. The van der Waals surface area contributed by atoms with Crippen LogP contribution in [-0.4, -0.2) is 104 Å². The molecule has 2 fully saturated rings. The number of aliphatic hydroxyl groups excluding tert-OH is 3. The summed E-state index contributed by atoms with van der Waals surface area (Å²) in [4.78, 5) is 36.4. The van der Waals surface area contributed by atoms with Gasteiger partial charge in [-0.1, -0.05) is 45.7 Å². The number of hydrogen-bond donors (Lipinski definition) is 4. The van der Waals surface area contributed by atoms with Crippen LogP contribution in [-0.2, 0) is 13.9 Å². The maximum atomic E-state index is 15.4. The number of benzene rings is 1. The number of nitrogen functional groups attached to an aromatic ring is 1. The van der Waals surface area contributed by atoms with Crippen LogP contribution in [0.1, 0.15) is 39.1 Å². The van der Waals surface area contributed by atoms with Crippen LogP contribution in [0.3, 0.4) is 0 Å². The van der Waals surface area contributed by atoms with E-state index in [1.165, 1.54) is 41.4 Å². The fourth-order valence-electron chi connectivity index (χ4n) is 6.86. The van der Waals surface area contributed by atoms with E-state index < -0.39 is 62.0 Å². The number of aryl methyl sites for hydroxylation is 1. The lowest BCUT2D eigenvalue weighted by Crippen LogP contribution is -2.28. The van der Waals surface area contributed by atoms with Crippen LogP contribution in [0.25, 0.3) is 22.3 Å². The Morgan fingerprint density at radius 1 is 0.911 bits per heavy atom. The lowest BCUT2D eigenvalue weighted by Gasteiger charge is -2.24. The van der Waals surface area contributed by atoms with Gasteiger partial charge in [-0.2, -0.15) is 0 Å². The van der Waals surface area contributed by atoms with Crippen molar-refractivity contribution in [3.63, 3.8) is 0 Å². The minimum absolute atomic E-state index is 0. The summed E-state index contributed by atoms with van der Waals surface area (Å²) in [5.41, 5.74) is 8.79. The van der Waals surface area contributed by atoms with E-state index in [9.17, 15) is 29.1 Å². The van der Waals surface area contributed by atoms with Gasteiger partial charge in [0.05, 0.1) is 62.0 Å². The highest BCUT2D eigenvalue weighted by Gasteiger charge is 2.49. The van der Waals surface area contributed by atoms with Gasteiger partial charge in [-0.25, -0.2) is 43.2 Å². The third-order valence-electron chi connectivity index (χ3n) is 10.1. The normalized spacial score (nSPS) is 26.4. The maximum absolute atomic E-state index is 15.4. The molecule has 19 heteroatoms. The van der Waals surface area contributed by atoms with Gasteiger partial charge in [0.15, 0.2) is 29.5 Å². The zero-order valence-electron chi connectivity index (χ0n) is 30.3. The van der Waals surface area contributed by atoms with Crippen LogP contribution in [0.2, 0.25) is 0 Å². The zero-order chi connectivity index (χ0) is 39.8. The number of aliphatic hydroxyl groups is 3. The largest absolute Gasteiger partial charge is 0.424 e. The summed E-state index contributed by atoms with van der Waals surface area (Å²) in [7, 11) is -3.84. The highest BCUT2D eigenvalue weighted by Crippen LogP contribution is 2.52. The number of halogens is 2. The second kappa shape index (κ2) is 17.0. The molecule has 16 nitrogen and oxygen atoms in total.